The van der Waals surface area contributed by atoms with Crippen LogP contribution in [0.15, 0.2) is 22.7 Å². The van der Waals surface area contributed by atoms with E-state index in [9.17, 15) is 0 Å². The van der Waals surface area contributed by atoms with Crippen molar-refractivity contribution < 1.29 is 4.43 Å². The standard InChI is InChI=1S/C13H18BrNOSi/c1-13(2,3)17(4,5)16-12-7-6-11(14)8-10(12)9-15/h6-8H,1-5H3. The van der Waals surface area contributed by atoms with Gasteiger partial charge in [0.05, 0.1) is 5.56 Å². The van der Waals surface area contributed by atoms with E-state index < -0.39 is 8.32 Å². The highest BCUT2D eigenvalue weighted by Crippen LogP contribution is 2.38. The molecule has 4 heteroatoms. The van der Waals surface area contributed by atoms with Crippen molar-refractivity contribution in [3.63, 3.8) is 0 Å². The van der Waals surface area contributed by atoms with Gasteiger partial charge in [-0.3, -0.25) is 0 Å². The monoisotopic (exact) mass is 311 g/mol. The third kappa shape index (κ3) is 3.33. The van der Waals surface area contributed by atoms with Crippen LogP contribution < -0.4 is 4.43 Å². The van der Waals surface area contributed by atoms with E-state index in [1.807, 2.05) is 12.1 Å². The largest absolute Gasteiger partial charge is 0.543 e. The van der Waals surface area contributed by atoms with Crippen molar-refractivity contribution in [2.45, 2.75) is 38.9 Å². The van der Waals surface area contributed by atoms with Crippen molar-refractivity contribution in [2.24, 2.45) is 0 Å². The Morgan fingerprint density at radius 1 is 1.29 bits per heavy atom. The third-order valence-electron chi connectivity index (χ3n) is 3.23. The molecule has 0 aromatic heterocycles. The number of rotatable bonds is 2. The van der Waals surface area contributed by atoms with Crippen LogP contribution in [0, 0.1) is 11.3 Å². The maximum absolute atomic E-state index is 9.11. The molecule has 1 aromatic carbocycles. The van der Waals surface area contributed by atoms with Crippen molar-refractivity contribution in [2.75, 3.05) is 0 Å². The first-order chi connectivity index (χ1) is 7.67. The number of hydrogen-bond acceptors (Lipinski definition) is 2. The summed E-state index contributed by atoms with van der Waals surface area (Å²) in [5, 5.41) is 9.24. The minimum Gasteiger partial charge on any atom is -0.543 e. The summed E-state index contributed by atoms with van der Waals surface area (Å²) in [5.41, 5.74) is 0.587. The molecule has 92 valence electrons. The lowest BCUT2D eigenvalue weighted by atomic mass is 10.2. The molecule has 0 N–H and O–H groups in total. The summed E-state index contributed by atoms with van der Waals surface area (Å²) in [7, 11) is -1.88. The molecular formula is C13H18BrNOSi. The fourth-order valence-corrected chi connectivity index (χ4v) is 2.50. The number of nitrogens with zero attached hydrogens (tertiary/aromatic N) is 1. The second kappa shape index (κ2) is 4.83. The smallest absolute Gasteiger partial charge is 0.250 e. The fraction of sp³-hybridized carbons (Fsp3) is 0.462. The predicted molar refractivity (Wildman–Crippen MR) is 76.7 cm³/mol. The highest BCUT2D eigenvalue weighted by atomic mass is 79.9. The lowest BCUT2D eigenvalue weighted by Crippen LogP contribution is -2.44. The SMILES string of the molecule is CC(C)(C)[Si](C)(C)Oc1ccc(Br)cc1C#N. The van der Waals surface area contributed by atoms with Gasteiger partial charge < -0.3 is 4.43 Å². The molecule has 0 unspecified atom stereocenters. The molecule has 0 bridgehead atoms. The summed E-state index contributed by atoms with van der Waals surface area (Å²) < 4.78 is 7.04. The zero-order valence-electron chi connectivity index (χ0n) is 11.0. The van der Waals surface area contributed by atoms with Crippen LogP contribution in [0.3, 0.4) is 0 Å². The van der Waals surface area contributed by atoms with E-state index in [1.165, 1.54) is 0 Å². The Balaban J connectivity index is 3.09. The normalized spacial score (nSPS) is 12.1. The molecule has 0 aliphatic carbocycles. The summed E-state index contributed by atoms with van der Waals surface area (Å²) in [6.45, 7) is 10.9. The molecule has 0 aliphatic rings. The molecule has 1 aromatic rings. The van der Waals surface area contributed by atoms with Crippen LogP contribution in [-0.2, 0) is 0 Å². The Bertz CT molecular complexity index is 457. The third-order valence-corrected chi connectivity index (χ3v) is 8.07. The lowest BCUT2D eigenvalue weighted by Gasteiger charge is -2.36. The summed E-state index contributed by atoms with van der Waals surface area (Å²) in [6, 6.07) is 7.74. The van der Waals surface area contributed by atoms with Crippen LogP contribution in [0.4, 0.5) is 0 Å². The fourth-order valence-electron chi connectivity index (χ4n) is 1.11. The van der Waals surface area contributed by atoms with Crippen molar-refractivity contribution in [1.29, 1.82) is 5.26 Å². The average Bonchev–Trinajstić information content (AvgIpc) is 2.18. The van der Waals surface area contributed by atoms with E-state index in [2.05, 4.69) is 55.9 Å². The van der Waals surface area contributed by atoms with Gasteiger partial charge in [0, 0.05) is 4.47 Å². The van der Waals surface area contributed by atoms with Gasteiger partial charge in [-0.2, -0.15) is 5.26 Å². The molecule has 0 aliphatic heterocycles. The molecule has 0 amide bonds. The molecule has 0 radical (unpaired) electrons. The first kappa shape index (κ1) is 14.3. The average molecular weight is 312 g/mol. The first-order valence-electron chi connectivity index (χ1n) is 5.56. The molecule has 0 spiro atoms. The van der Waals surface area contributed by atoms with Crippen LogP contribution >= 0.6 is 15.9 Å². The van der Waals surface area contributed by atoms with Gasteiger partial charge in [0.1, 0.15) is 11.8 Å². The van der Waals surface area contributed by atoms with Crippen molar-refractivity contribution in [1.82, 2.24) is 0 Å². The van der Waals surface area contributed by atoms with E-state index >= 15 is 0 Å². The minimum absolute atomic E-state index is 0.132. The van der Waals surface area contributed by atoms with Crippen LogP contribution in [-0.4, -0.2) is 8.32 Å². The Labute approximate surface area is 113 Å². The number of hydrogen-bond donors (Lipinski definition) is 0. The topological polar surface area (TPSA) is 33.0 Å². The van der Waals surface area contributed by atoms with Gasteiger partial charge in [-0.05, 0) is 36.3 Å². The number of nitriles is 1. The number of benzene rings is 1. The predicted octanol–water partition coefficient (Wildman–Crippen LogP) is 4.70. The highest BCUT2D eigenvalue weighted by molar-refractivity contribution is 9.10. The highest BCUT2D eigenvalue weighted by Gasteiger charge is 2.39. The van der Waals surface area contributed by atoms with Gasteiger partial charge in [-0.1, -0.05) is 36.7 Å². The van der Waals surface area contributed by atoms with Gasteiger partial charge in [0.25, 0.3) is 8.32 Å². The van der Waals surface area contributed by atoms with E-state index in [4.69, 9.17) is 9.69 Å². The van der Waals surface area contributed by atoms with Crippen molar-refractivity contribution >= 4 is 24.2 Å². The van der Waals surface area contributed by atoms with Crippen LogP contribution in [0.5, 0.6) is 5.75 Å². The first-order valence-corrected chi connectivity index (χ1v) is 9.26. The van der Waals surface area contributed by atoms with Crippen molar-refractivity contribution in [3.05, 3.63) is 28.2 Å². The Morgan fingerprint density at radius 2 is 1.88 bits per heavy atom. The number of halogens is 1. The Hall–Kier alpha value is -0.793. The molecule has 0 fully saturated rings. The quantitative estimate of drug-likeness (QED) is 0.741. The van der Waals surface area contributed by atoms with Gasteiger partial charge in [0.2, 0.25) is 0 Å². The van der Waals surface area contributed by atoms with Crippen LogP contribution in [0.2, 0.25) is 18.1 Å². The molecule has 0 heterocycles. The summed E-state index contributed by atoms with van der Waals surface area (Å²) >= 11 is 3.36. The Kier molecular flexibility index (Phi) is 4.05. The molecule has 17 heavy (non-hydrogen) atoms. The van der Waals surface area contributed by atoms with Gasteiger partial charge in [0.15, 0.2) is 0 Å². The Morgan fingerprint density at radius 3 is 2.35 bits per heavy atom. The van der Waals surface area contributed by atoms with E-state index in [-0.39, 0.29) is 5.04 Å². The second-order valence-electron chi connectivity index (χ2n) is 5.61. The summed E-state index contributed by atoms with van der Waals surface area (Å²) in [5.74, 6) is 0.697. The second-order valence-corrected chi connectivity index (χ2v) is 11.3. The summed E-state index contributed by atoms with van der Waals surface area (Å²) in [4.78, 5) is 0. The van der Waals surface area contributed by atoms with Crippen molar-refractivity contribution in [3.8, 4) is 11.8 Å². The zero-order chi connectivity index (χ0) is 13.3. The molecular weight excluding hydrogens is 294 g/mol. The van der Waals surface area contributed by atoms with Crippen LogP contribution in [0.25, 0.3) is 0 Å². The van der Waals surface area contributed by atoms with Crippen LogP contribution in [0.1, 0.15) is 26.3 Å². The van der Waals surface area contributed by atoms with Gasteiger partial charge in [-0.15, -0.1) is 0 Å². The maximum atomic E-state index is 9.11. The molecule has 1 rings (SSSR count). The summed E-state index contributed by atoms with van der Waals surface area (Å²) in [6.07, 6.45) is 0. The van der Waals surface area contributed by atoms with Gasteiger partial charge in [-0.25, -0.2) is 0 Å². The lowest BCUT2D eigenvalue weighted by molar-refractivity contribution is 0.491. The van der Waals surface area contributed by atoms with E-state index in [0.29, 0.717) is 11.3 Å². The molecule has 0 atom stereocenters. The minimum atomic E-state index is -1.88. The van der Waals surface area contributed by atoms with Gasteiger partial charge >= 0.3 is 0 Å². The van der Waals surface area contributed by atoms with E-state index in [1.54, 1.807) is 6.07 Å². The molecule has 0 saturated heterocycles. The van der Waals surface area contributed by atoms with E-state index in [0.717, 1.165) is 4.47 Å². The molecule has 0 saturated carbocycles. The zero-order valence-corrected chi connectivity index (χ0v) is 13.6. The maximum Gasteiger partial charge on any atom is 0.250 e. The molecule has 2 nitrogen and oxygen atoms in total.